The van der Waals surface area contributed by atoms with Crippen molar-refractivity contribution in [3.63, 3.8) is 0 Å². The summed E-state index contributed by atoms with van der Waals surface area (Å²) in [5.41, 5.74) is 1.38. The van der Waals surface area contributed by atoms with Gasteiger partial charge in [0.15, 0.2) is 5.96 Å². The van der Waals surface area contributed by atoms with E-state index in [1.165, 1.54) is 41.3 Å². The van der Waals surface area contributed by atoms with E-state index in [-0.39, 0.29) is 24.0 Å². The summed E-state index contributed by atoms with van der Waals surface area (Å²) in [6.45, 7) is 2.91. The lowest BCUT2D eigenvalue weighted by molar-refractivity contribution is 0.129. The van der Waals surface area contributed by atoms with Gasteiger partial charge in [-0.05, 0) is 44.2 Å². The van der Waals surface area contributed by atoms with Crippen LogP contribution in [0.4, 0.5) is 0 Å². The number of nitrogens with one attached hydrogen (secondary N) is 1. The minimum atomic E-state index is 0. The molecule has 0 atom stereocenters. The predicted octanol–water partition coefficient (Wildman–Crippen LogP) is 4.69. The molecule has 30 heavy (non-hydrogen) atoms. The van der Waals surface area contributed by atoms with Crippen LogP contribution in [0.15, 0.2) is 35.3 Å². The third kappa shape index (κ3) is 6.33. The number of thiazole rings is 1. The number of guanidine groups is 1. The lowest BCUT2D eigenvalue weighted by Gasteiger charge is -2.34. The van der Waals surface area contributed by atoms with Crippen LogP contribution in [0.25, 0.3) is 0 Å². The minimum absolute atomic E-state index is 0. The number of fused-ring (bicyclic) bond motifs is 1. The van der Waals surface area contributed by atoms with Gasteiger partial charge in [-0.15, -0.1) is 35.3 Å². The number of nitrogens with zero attached hydrogens (tertiary/aromatic N) is 3. The highest BCUT2D eigenvalue weighted by Gasteiger charge is 2.22. The van der Waals surface area contributed by atoms with Gasteiger partial charge >= 0.3 is 0 Å². The van der Waals surface area contributed by atoms with Crippen LogP contribution in [0.2, 0.25) is 0 Å². The highest BCUT2D eigenvalue weighted by atomic mass is 127. The van der Waals surface area contributed by atoms with E-state index in [1.807, 2.05) is 48.7 Å². The topological polar surface area (TPSA) is 49.8 Å². The summed E-state index contributed by atoms with van der Waals surface area (Å²) in [6.07, 6.45) is 9.57. The Hall–Kier alpha value is -1.35. The number of rotatable bonds is 6. The van der Waals surface area contributed by atoms with Gasteiger partial charge in [0.25, 0.3) is 0 Å². The van der Waals surface area contributed by atoms with Crippen LogP contribution in [0.5, 0.6) is 5.75 Å². The minimum Gasteiger partial charge on any atom is -0.490 e. The Bertz CT molecular complexity index is 779. The monoisotopic (exact) mass is 540 g/mol. The Labute approximate surface area is 201 Å². The third-order valence-corrected chi connectivity index (χ3v) is 6.96. The smallest absolute Gasteiger partial charge is 0.193 e. The van der Waals surface area contributed by atoms with Gasteiger partial charge in [0.2, 0.25) is 0 Å². The number of aromatic nitrogens is 1. The summed E-state index contributed by atoms with van der Waals surface area (Å²) in [5.74, 6) is 1.99. The van der Waals surface area contributed by atoms with Crippen molar-refractivity contribution in [1.82, 2.24) is 15.2 Å². The van der Waals surface area contributed by atoms with E-state index in [0.29, 0.717) is 6.10 Å². The summed E-state index contributed by atoms with van der Waals surface area (Å²) in [5, 5.41) is 4.86. The molecule has 7 heteroatoms. The fourth-order valence-electron chi connectivity index (χ4n) is 4.16. The van der Waals surface area contributed by atoms with E-state index in [1.54, 1.807) is 0 Å². The molecule has 1 fully saturated rings. The number of para-hydroxylation sites is 1. The Balaban J connectivity index is 0.00000256. The van der Waals surface area contributed by atoms with E-state index in [9.17, 15) is 0 Å². The molecule has 0 saturated carbocycles. The molecule has 2 aliphatic rings. The van der Waals surface area contributed by atoms with Gasteiger partial charge in [0, 0.05) is 50.8 Å². The molecule has 1 aliphatic carbocycles. The molecule has 0 spiro atoms. The van der Waals surface area contributed by atoms with Gasteiger partial charge in [0.1, 0.15) is 11.9 Å². The van der Waals surface area contributed by atoms with Crippen molar-refractivity contribution in [2.24, 2.45) is 4.99 Å². The second kappa shape index (κ2) is 11.9. The van der Waals surface area contributed by atoms with E-state index in [0.717, 1.165) is 57.0 Å². The van der Waals surface area contributed by atoms with Crippen LogP contribution in [0, 0.1) is 0 Å². The highest BCUT2D eigenvalue weighted by Crippen LogP contribution is 2.27. The SMILES string of the molecule is CN=C(NCCCc1nc2c(s1)CCCC2)N1CCC(Oc2ccccc2)CC1.I. The fourth-order valence-corrected chi connectivity index (χ4v) is 5.36. The van der Waals surface area contributed by atoms with Crippen LogP contribution in [0.1, 0.15) is 47.7 Å². The van der Waals surface area contributed by atoms with Gasteiger partial charge < -0.3 is 15.0 Å². The first kappa shape index (κ1) is 23.3. The number of ether oxygens (including phenoxy) is 1. The number of aliphatic imine (C=N–C) groups is 1. The maximum atomic E-state index is 6.11. The lowest BCUT2D eigenvalue weighted by atomic mass is 10.0. The molecule has 2 aromatic rings. The van der Waals surface area contributed by atoms with Crippen LogP contribution >= 0.6 is 35.3 Å². The quantitative estimate of drug-likeness (QED) is 0.250. The zero-order chi connectivity index (χ0) is 19.9. The molecule has 0 amide bonds. The number of aryl methyl sites for hydroxylation is 3. The van der Waals surface area contributed by atoms with Gasteiger partial charge in [-0.3, -0.25) is 4.99 Å². The first-order valence-electron chi connectivity index (χ1n) is 11.0. The summed E-state index contributed by atoms with van der Waals surface area (Å²) in [6, 6.07) is 10.1. The Morgan fingerprint density at radius 2 is 1.97 bits per heavy atom. The molecule has 4 rings (SSSR count). The van der Waals surface area contributed by atoms with Crippen LogP contribution < -0.4 is 10.1 Å². The van der Waals surface area contributed by atoms with Crippen molar-refractivity contribution in [2.45, 2.75) is 57.5 Å². The Kier molecular flexibility index (Phi) is 9.24. The van der Waals surface area contributed by atoms with Crippen LogP contribution in [-0.4, -0.2) is 48.6 Å². The van der Waals surface area contributed by atoms with Crippen molar-refractivity contribution in [3.05, 3.63) is 45.9 Å². The van der Waals surface area contributed by atoms with Crippen molar-refractivity contribution in [2.75, 3.05) is 26.7 Å². The zero-order valence-corrected chi connectivity index (χ0v) is 21.0. The van der Waals surface area contributed by atoms with Gasteiger partial charge in [-0.2, -0.15) is 0 Å². The summed E-state index contributed by atoms with van der Waals surface area (Å²) in [7, 11) is 1.88. The summed E-state index contributed by atoms with van der Waals surface area (Å²) in [4.78, 5) is 13.2. The molecule has 0 bridgehead atoms. The average Bonchev–Trinajstić information content (AvgIpc) is 3.18. The second-order valence-corrected chi connectivity index (χ2v) is 9.05. The number of hydrogen-bond donors (Lipinski definition) is 1. The standard InChI is InChI=1S/C23H32N4OS.HI/c1-24-23(25-15-7-12-22-26-20-10-5-6-11-21(20)29-22)27-16-13-19(14-17-27)28-18-8-3-2-4-9-18;/h2-4,8-9,19H,5-7,10-17H2,1H3,(H,24,25);1H. The predicted molar refractivity (Wildman–Crippen MR) is 136 cm³/mol. The van der Waals surface area contributed by atoms with E-state index < -0.39 is 0 Å². The highest BCUT2D eigenvalue weighted by molar-refractivity contribution is 14.0. The van der Waals surface area contributed by atoms with E-state index >= 15 is 0 Å². The molecule has 164 valence electrons. The van der Waals surface area contributed by atoms with Crippen LogP contribution in [-0.2, 0) is 19.3 Å². The van der Waals surface area contributed by atoms with Crippen molar-refractivity contribution in [3.8, 4) is 5.75 Å². The molecule has 5 nitrogen and oxygen atoms in total. The maximum absolute atomic E-state index is 6.11. The van der Waals surface area contributed by atoms with Crippen molar-refractivity contribution >= 4 is 41.3 Å². The van der Waals surface area contributed by atoms with Crippen LogP contribution in [0.3, 0.4) is 0 Å². The average molecular weight is 541 g/mol. The summed E-state index contributed by atoms with van der Waals surface area (Å²) >= 11 is 1.94. The first-order valence-corrected chi connectivity index (χ1v) is 11.8. The normalized spacial score (nSPS) is 17.2. The molecule has 1 aliphatic heterocycles. The Morgan fingerprint density at radius 1 is 1.20 bits per heavy atom. The number of halogens is 1. The number of likely N-dealkylation sites (tertiary alicyclic amines) is 1. The molecule has 1 N–H and O–H groups in total. The molecule has 2 heterocycles. The number of piperidine rings is 1. The Morgan fingerprint density at radius 3 is 2.70 bits per heavy atom. The molecule has 0 unspecified atom stereocenters. The second-order valence-electron chi connectivity index (χ2n) is 7.88. The van der Waals surface area contributed by atoms with Crippen molar-refractivity contribution in [1.29, 1.82) is 0 Å². The molecular formula is C23H33IN4OS. The fraction of sp³-hybridized carbons (Fsp3) is 0.565. The molecule has 1 saturated heterocycles. The number of benzene rings is 1. The van der Waals surface area contributed by atoms with E-state index in [2.05, 4.69) is 15.2 Å². The largest absolute Gasteiger partial charge is 0.490 e. The van der Waals surface area contributed by atoms with Gasteiger partial charge in [-0.1, -0.05) is 18.2 Å². The maximum Gasteiger partial charge on any atom is 0.193 e. The molecule has 0 radical (unpaired) electrons. The zero-order valence-electron chi connectivity index (χ0n) is 17.8. The summed E-state index contributed by atoms with van der Waals surface area (Å²) < 4.78 is 6.11. The molecule has 1 aromatic heterocycles. The van der Waals surface area contributed by atoms with Gasteiger partial charge in [0.05, 0.1) is 10.7 Å². The first-order chi connectivity index (χ1) is 14.3. The number of hydrogen-bond acceptors (Lipinski definition) is 4. The van der Waals surface area contributed by atoms with E-state index in [4.69, 9.17) is 9.72 Å². The lowest BCUT2D eigenvalue weighted by Crippen LogP contribution is -2.47. The van der Waals surface area contributed by atoms with Crippen molar-refractivity contribution < 1.29 is 4.74 Å². The third-order valence-electron chi connectivity index (χ3n) is 5.74. The molecular weight excluding hydrogens is 507 g/mol. The molecule has 1 aromatic carbocycles. The van der Waals surface area contributed by atoms with Gasteiger partial charge in [-0.25, -0.2) is 4.98 Å².